The van der Waals surface area contributed by atoms with Crippen LogP contribution in [0.5, 0.6) is 0 Å². The van der Waals surface area contributed by atoms with Crippen molar-refractivity contribution in [3.8, 4) is 0 Å². The van der Waals surface area contributed by atoms with Gasteiger partial charge in [-0.15, -0.1) is 0 Å². The Hall–Kier alpha value is 1.01. The molecular formula is C5H4Cl6O3. The number of rotatable bonds is 2. The molecule has 0 radical (unpaired) electrons. The predicted octanol–water partition coefficient (Wildman–Crippen LogP) is 3.88. The Labute approximate surface area is 110 Å². The summed E-state index contributed by atoms with van der Waals surface area (Å²) < 4.78 is 5.35. The molecule has 0 N–H and O–H groups in total. The second kappa shape index (κ2) is 5.92. The van der Waals surface area contributed by atoms with Gasteiger partial charge in [-0.1, -0.05) is 69.6 Å². The molecule has 0 unspecified atom stereocenters. The molecule has 0 saturated heterocycles. The zero-order valence-electron chi connectivity index (χ0n) is 6.41. The van der Waals surface area contributed by atoms with Crippen LogP contribution in [0.1, 0.15) is 0 Å². The Bertz CT molecular complexity index is 175. The number of halogens is 6. The molecule has 9 heteroatoms. The van der Waals surface area contributed by atoms with Crippen molar-refractivity contribution in [2.24, 2.45) is 0 Å². The summed E-state index contributed by atoms with van der Waals surface area (Å²) in [6.45, 7) is -0.896. The summed E-state index contributed by atoms with van der Waals surface area (Å²) in [5.74, 6) is 0. The largest absolute Gasteiger partial charge is 0.508 e. The van der Waals surface area contributed by atoms with E-state index in [9.17, 15) is 4.79 Å². The molecule has 0 fully saturated rings. The van der Waals surface area contributed by atoms with Crippen LogP contribution in [-0.2, 0) is 9.47 Å². The normalized spacial score (nSPS) is 12.4. The van der Waals surface area contributed by atoms with Crippen LogP contribution in [0.2, 0.25) is 0 Å². The zero-order valence-corrected chi connectivity index (χ0v) is 10.9. The Morgan fingerprint density at radius 3 is 1.36 bits per heavy atom. The third kappa shape index (κ3) is 11.1. The molecule has 0 aliphatic rings. The molecule has 3 nitrogen and oxygen atoms in total. The van der Waals surface area contributed by atoms with Crippen LogP contribution in [0.15, 0.2) is 0 Å². The summed E-state index contributed by atoms with van der Waals surface area (Å²) in [7, 11) is 0. The lowest BCUT2D eigenvalue weighted by Gasteiger charge is -2.13. The molecule has 0 aromatic heterocycles. The molecule has 14 heavy (non-hydrogen) atoms. The van der Waals surface area contributed by atoms with Crippen molar-refractivity contribution in [3.63, 3.8) is 0 Å². The molecule has 0 aliphatic heterocycles. The first-order valence-corrected chi connectivity index (χ1v) is 5.30. The van der Waals surface area contributed by atoms with E-state index in [1.54, 1.807) is 0 Å². The van der Waals surface area contributed by atoms with E-state index in [0.29, 0.717) is 0 Å². The average Bonchev–Trinajstić information content (AvgIpc) is 1.94. The Morgan fingerprint density at radius 2 is 1.14 bits per heavy atom. The van der Waals surface area contributed by atoms with Gasteiger partial charge in [0.25, 0.3) is 0 Å². The van der Waals surface area contributed by atoms with Crippen LogP contribution in [-0.4, -0.2) is 27.0 Å². The third-order valence-corrected chi connectivity index (χ3v) is 1.36. The van der Waals surface area contributed by atoms with E-state index < -0.39 is 27.0 Å². The molecule has 0 amide bonds. The topological polar surface area (TPSA) is 35.5 Å². The first-order valence-electron chi connectivity index (χ1n) is 3.03. The number of hydrogen-bond acceptors (Lipinski definition) is 3. The Kier molecular flexibility index (Phi) is 6.35. The standard InChI is InChI=1S/C5H4Cl6O3/c6-4(7,8)1-13-3(12)14-2-5(9,10)11/h1-2H2. The van der Waals surface area contributed by atoms with Crippen LogP contribution < -0.4 is 0 Å². The third-order valence-electron chi connectivity index (χ3n) is 0.707. The van der Waals surface area contributed by atoms with Crippen LogP contribution in [0, 0.1) is 0 Å². The molecule has 0 aromatic carbocycles. The zero-order chi connectivity index (χ0) is 11.4. The van der Waals surface area contributed by atoms with Crippen LogP contribution >= 0.6 is 69.6 Å². The maximum atomic E-state index is 10.7. The lowest BCUT2D eigenvalue weighted by Crippen LogP contribution is -2.22. The van der Waals surface area contributed by atoms with Crippen molar-refractivity contribution in [1.82, 2.24) is 0 Å². The summed E-state index contributed by atoms with van der Waals surface area (Å²) in [5.41, 5.74) is 0. The molecule has 0 atom stereocenters. The van der Waals surface area contributed by atoms with Gasteiger partial charge < -0.3 is 9.47 Å². The lowest BCUT2D eigenvalue weighted by molar-refractivity contribution is 0.0579. The van der Waals surface area contributed by atoms with Gasteiger partial charge in [0.05, 0.1) is 0 Å². The highest BCUT2D eigenvalue weighted by Crippen LogP contribution is 2.27. The fraction of sp³-hybridized carbons (Fsp3) is 0.800. The molecule has 0 aromatic rings. The summed E-state index contributed by atoms with van der Waals surface area (Å²) in [6, 6.07) is 0. The minimum absolute atomic E-state index is 0.448. The van der Waals surface area contributed by atoms with Gasteiger partial charge in [-0.2, -0.15) is 0 Å². The summed E-state index contributed by atoms with van der Waals surface area (Å²) >= 11 is 31.7. The van der Waals surface area contributed by atoms with E-state index in [1.807, 2.05) is 0 Å². The van der Waals surface area contributed by atoms with Crippen molar-refractivity contribution < 1.29 is 14.3 Å². The number of carbonyl (C=O) groups is 1. The second-order valence-electron chi connectivity index (χ2n) is 2.06. The predicted molar refractivity (Wildman–Crippen MR) is 57.9 cm³/mol. The molecule has 0 bridgehead atoms. The van der Waals surface area contributed by atoms with E-state index >= 15 is 0 Å². The highest BCUT2D eigenvalue weighted by molar-refractivity contribution is 6.68. The first-order chi connectivity index (χ1) is 6.10. The van der Waals surface area contributed by atoms with E-state index in [4.69, 9.17) is 69.6 Å². The molecule has 0 rings (SSSR count). The van der Waals surface area contributed by atoms with E-state index in [0.717, 1.165) is 0 Å². The maximum absolute atomic E-state index is 10.7. The van der Waals surface area contributed by atoms with Crippen molar-refractivity contribution in [2.75, 3.05) is 13.2 Å². The van der Waals surface area contributed by atoms with Crippen molar-refractivity contribution in [1.29, 1.82) is 0 Å². The lowest BCUT2D eigenvalue weighted by atomic mass is 10.8. The fourth-order valence-electron chi connectivity index (χ4n) is 0.323. The fourth-order valence-corrected chi connectivity index (χ4v) is 0.651. The average molecular weight is 325 g/mol. The summed E-state index contributed by atoms with van der Waals surface area (Å²) in [5, 5.41) is 0. The minimum atomic E-state index is -1.70. The summed E-state index contributed by atoms with van der Waals surface area (Å²) in [6.07, 6.45) is -1.08. The van der Waals surface area contributed by atoms with Gasteiger partial charge >= 0.3 is 6.16 Å². The van der Waals surface area contributed by atoms with Gasteiger partial charge in [0.1, 0.15) is 13.2 Å². The number of hydrogen-bond donors (Lipinski definition) is 0. The van der Waals surface area contributed by atoms with Gasteiger partial charge in [-0.05, 0) is 0 Å². The summed E-state index contributed by atoms with van der Waals surface area (Å²) in [4.78, 5) is 10.7. The monoisotopic (exact) mass is 322 g/mol. The number of ether oxygens (including phenoxy) is 2. The number of alkyl halides is 6. The van der Waals surface area contributed by atoms with Crippen molar-refractivity contribution >= 4 is 75.8 Å². The molecule has 0 saturated carbocycles. The number of carbonyl (C=O) groups excluding carboxylic acids is 1. The smallest absolute Gasteiger partial charge is 0.430 e. The maximum Gasteiger partial charge on any atom is 0.508 e. The van der Waals surface area contributed by atoms with Gasteiger partial charge in [0, 0.05) is 0 Å². The van der Waals surface area contributed by atoms with E-state index in [-0.39, 0.29) is 0 Å². The molecule has 84 valence electrons. The van der Waals surface area contributed by atoms with Gasteiger partial charge in [-0.3, -0.25) is 0 Å². The SMILES string of the molecule is O=C(OCC(Cl)(Cl)Cl)OCC(Cl)(Cl)Cl. The van der Waals surface area contributed by atoms with Gasteiger partial charge in [-0.25, -0.2) is 4.79 Å². The van der Waals surface area contributed by atoms with Crippen LogP contribution in [0.25, 0.3) is 0 Å². The quantitative estimate of drug-likeness (QED) is 0.571. The minimum Gasteiger partial charge on any atom is -0.430 e. The highest BCUT2D eigenvalue weighted by atomic mass is 35.6. The Morgan fingerprint density at radius 1 is 0.857 bits per heavy atom. The molecule has 0 heterocycles. The Balaban J connectivity index is 3.68. The van der Waals surface area contributed by atoms with Crippen LogP contribution in [0.4, 0.5) is 4.79 Å². The van der Waals surface area contributed by atoms with E-state index in [2.05, 4.69) is 9.47 Å². The second-order valence-corrected chi connectivity index (χ2v) is 7.09. The highest BCUT2D eigenvalue weighted by Gasteiger charge is 2.25. The molecular weight excluding hydrogens is 321 g/mol. The van der Waals surface area contributed by atoms with Crippen molar-refractivity contribution in [3.05, 3.63) is 0 Å². The van der Waals surface area contributed by atoms with Crippen molar-refractivity contribution in [2.45, 2.75) is 7.59 Å². The van der Waals surface area contributed by atoms with Gasteiger partial charge in [0.15, 0.2) is 0 Å². The van der Waals surface area contributed by atoms with E-state index in [1.165, 1.54) is 0 Å². The molecule has 0 spiro atoms. The first kappa shape index (κ1) is 15.0. The van der Waals surface area contributed by atoms with Crippen LogP contribution in [0.3, 0.4) is 0 Å². The van der Waals surface area contributed by atoms with Gasteiger partial charge in [0.2, 0.25) is 7.59 Å². The molecule has 0 aliphatic carbocycles.